The van der Waals surface area contributed by atoms with E-state index < -0.39 is 11.7 Å². The van der Waals surface area contributed by atoms with Crippen molar-refractivity contribution in [2.24, 2.45) is 5.73 Å². The van der Waals surface area contributed by atoms with Crippen LogP contribution in [0.5, 0.6) is 0 Å². The summed E-state index contributed by atoms with van der Waals surface area (Å²) < 4.78 is 37.1. The van der Waals surface area contributed by atoms with Crippen molar-refractivity contribution in [1.29, 1.82) is 0 Å². The third-order valence-corrected chi connectivity index (χ3v) is 2.38. The molecule has 0 bridgehead atoms. The van der Waals surface area contributed by atoms with E-state index in [-0.39, 0.29) is 6.04 Å². The van der Waals surface area contributed by atoms with E-state index in [1.165, 1.54) is 12.1 Å². The lowest BCUT2D eigenvalue weighted by atomic mass is 10.0. The monoisotopic (exact) mass is 244 g/mol. The standard InChI is InChI=1S/C12H15F3N2/c1-2-7-17-11(8-16)9-3-5-10(6-4-9)12(13,14)15/h2-6,11,17H,1,7-8,16H2. The largest absolute Gasteiger partial charge is 0.416 e. The Morgan fingerprint density at radius 1 is 1.29 bits per heavy atom. The van der Waals surface area contributed by atoms with Crippen LogP contribution in [-0.4, -0.2) is 13.1 Å². The molecule has 1 unspecified atom stereocenters. The molecule has 0 heterocycles. The molecule has 2 nitrogen and oxygen atoms in total. The molecule has 0 fully saturated rings. The molecule has 0 saturated carbocycles. The molecular weight excluding hydrogens is 229 g/mol. The minimum absolute atomic E-state index is 0.157. The van der Waals surface area contributed by atoms with Gasteiger partial charge < -0.3 is 11.1 Å². The van der Waals surface area contributed by atoms with Crippen LogP contribution in [0.2, 0.25) is 0 Å². The number of rotatable bonds is 5. The molecule has 3 N–H and O–H groups in total. The Hall–Kier alpha value is -1.33. The second-order valence-corrected chi connectivity index (χ2v) is 3.60. The van der Waals surface area contributed by atoms with Gasteiger partial charge in [0.2, 0.25) is 0 Å². The number of benzene rings is 1. The van der Waals surface area contributed by atoms with Crippen LogP contribution in [0.15, 0.2) is 36.9 Å². The lowest BCUT2D eigenvalue weighted by Crippen LogP contribution is -2.28. The number of nitrogens with one attached hydrogen (secondary N) is 1. The van der Waals surface area contributed by atoms with E-state index in [4.69, 9.17) is 5.73 Å². The summed E-state index contributed by atoms with van der Waals surface area (Å²) in [7, 11) is 0. The Labute approximate surface area is 98.3 Å². The van der Waals surface area contributed by atoms with Gasteiger partial charge in [-0.15, -0.1) is 6.58 Å². The molecule has 0 radical (unpaired) electrons. The molecule has 0 aromatic heterocycles. The molecule has 1 aromatic rings. The van der Waals surface area contributed by atoms with Crippen molar-refractivity contribution in [2.45, 2.75) is 12.2 Å². The third-order valence-electron chi connectivity index (χ3n) is 2.38. The van der Waals surface area contributed by atoms with Gasteiger partial charge in [-0.05, 0) is 17.7 Å². The average Bonchev–Trinajstić information content (AvgIpc) is 2.29. The van der Waals surface area contributed by atoms with Crippen LogP contribution in [0.25, 0.3) is 0 Å². The van der Waals surface area contributed by atoms with Crippen molar-refractivity contribution < 1.29 is 13.2 Å². The summed E-state index contributed by atoms with van der Waals surface area (Å²) in [5, 5.41) is 3.07. The predicted molar refractivity (Wildman–Crippen MR) is 61.4 cm³/mol. The highest BCUT2D eigenvalue weighted by Crippen LogP contribution is 2.29. The second kappa shape index (κ2) is 5.84. The fourth-order valence-electron chi connectivity index (χ4n) is 1.47. The van der Waals surface area contributed by atoms with Gasteiger partial charge in [-0.2, -0.15) is 13.2 Å². The van der Waals surface area contributed by atoms with E-state index in [1.54, 1.807) is 6.08 Å². The molecule has 0 spiro atoms. The quantitative estimate of drug-likeness (QED) is 0.781. The summed E-state index contributed by atoms with van der Waals surface area (Å²) in [6.07, 6.45) is -2.63. The molecule has 17 heavy (non-hydrogen) atoms. The number of hydrogen-bond acceptors (Lipinski definition) is 2. The highest BCUT2D eigenvalue weighted by atomic mass is 19.4. The van der Waals surface area contributed by atoms with E-state index in [9.17, 15) is 13.2 Å². The van der Waals surface area contributed by atoms with Crippen molar-refractivity contribution in [1.82, 2.24) is 5.32 Å². The van der Waals surface area contributed by atoms with Crippen molar-refractivity contribution in [2.75, 3.05) is 13.1 Å². The molecule has 0 aliphatic heterocycles. The molecule has 0 saturated heterocycles. The summed E-state index contributed by atoms with van der Waals surface area (Å²) in [5.74, 6) is 0. The minimum atomic E-state index is -4.30. The fraction of sp³-hybridized carbons (Fsp3) is 0.333. The highest BCUT2D eigenvalue weighted by Gasteiger charge is 2.30. The van der Waals surface area contributed by atoms with E-state index in [0.717, 1.165) is 17.7 Å². The molecule has 0 amide bonds. The summed E-state index contributed by atoms with van der Waals surface area (Å²) in [5.41, 5.74) is 5.64. The average molecular weight is 244 g/mol. The lowest BCUT2D eigenvalue weighted by molar-refractivity contribution is -0.137. The number of alkyl halides is 3. The van der Waals surface area contributed by atoms with Gasteiger partial charge in [0.25, 0.3) is 0 Å². The smallest absolute Gasteiger partial charge is 0.329 e. The maximum absolute atomic E-state index is 12.4. The van der Waals surface area contributed by atoms with Crippen LogP contribution in [0.4, 0.5) is 13.2 Å². The number of nitrogens with two attached hydrogens (primary N) is 1. The normalized spacial score (nSPS) is 13.4. The Morgan fingerprint density at radius 2 is 1.88 bits per heavy atom. The van der Waals surface area contributed by atoms with E-state index in [0.29, 0.717) is 13.1 Å². The van der Waals surface area contributed by atoms with Crippen LogP contribution in [-0.2, 0) is 6.18 Å². The van der Waals surface area contributed by atoms with Crippen molar-refractivity contribution in [3.63, 3.8) is 0 Å². The minimum Gasteiger partial charge on any atom is -0.329 e. The van der Waals surface area contributed by atoms with Gasteiger partial charge >= 0.3 is 6.18 Å². The third kappa shape index (κ3) is 3.87. The number of halogens is 3. The van der Waals surface area contributed by atoms with Gasteiger partial charge in [-0.1, -0.05) is 18.2 Å². The maximum atomic E-state index is 12.4. The predicted octanol–water partition coefficient (Wildman–Crippen LogP) is 2.48. The van der Waals surface area contributed by atoms with Gasteiger partial charge in [0, 0.05) is 19.1 Å². The summed E-state index contributed by atoms with van der Waals surface area (Å²) in [4.78, 5) is 0. The zero-order chi connectivity index (χ0) is 12.9. The van der Waals surface area contributed by atoms with Crippen LogP contribution >= 0.6 is 0 Å². The first-order valence-corrected chi connectivity index (χ1v) is 5.20. The van der Waals surface area contributed by atoms with Crippen LogP contribution < -0.4 is 11.1 Å². The first-order valence-electron chi connectivity index (χ1n) is 5.20. The Morgan fingerprint density at radius 3 is 2.29 bits per heavy atom. The first kappa shape index (κ1) is 13.7. The number of hydrogen-bond donors (Lipinski definition) is 2. The molecule has 1 atom stereocenters. The Kier molecular flexibility index (Phi) is 4.72. The Bertz CT molecular complexity index is 357. The van der Waals surface area contributed by atoms with Crippen LogP contribution in [0.3, 0.4) is 0 Å². The van der Waals surface area contributed by atoms with Gasteiger partial charge in [-0.25, -0.2) is 0 Å². The summed E-state index contributed by atoms with van der Waals surface area (Å²) in [6, 6.07) is 4.85. The zero-order valence-corrected chi connectivity index (χ0v) is 9.30. The molecular formula is C12H15F3N2. The lowest BCUT2D eigenvalue weighted by Gasteiger charge is -2.17. The molecule has 5 heteroatoms. The van der Waals surface area contributed by atoms with Crippen LogP contribution in [0, 0.1) is 0 Å². The highest BCUT2D eigenvalue weighted by molar-refractivity contribution is 5.27. The topological polar surface area (TPSA) is 38.0 Å². The molecule has 94 valence electrons. The van der Waals surface area contributed by atoms with E-state index in [2.05, 4.69) is 11.9 Å². The van der Waals surface area contributed by atoms with E-state index in [1.807, 2.05) is 0 Å². The SMILES string of the molecule is C=CCNC(CN)c1ccc(C(F)(F)F)cc1. The molecule has 1 rings (SSSR count). The van der Waals surface area contributed by atoms with Gasteiger partial charge in [0.1, 0.15) is 0 Å². The molecule has 0 aliphatic carbocycles. The fourth-order valence-corrected chi connectivity index (χ4v) is 1.47. The van der Waals surface area contributed by atoms with Gasteiger partial charge in [-0.3, -0.25) is 0 Å². The van der Waals surface area contributed by atoms with Crippen molar-refractivity contribution in [3.05, 3.63) is 48.0 Å². The molecule has 1 aromatic carbocycles. The van der Waals surface area contributed by atoms with Crippen LogP contribution in [0.1, 0.15) is 17.2 Å². The first-order chi connectivity index (χ1) is 7.99. The van der Waals surface area contributed by atoms with E-state index >= 15 is 0 Å². The zero-order valence-electron chi connectivity index (χ0n) is 9.30. The molecule has 0 aliphatic rings. The van der Waals surface area contributed by atoms with Crippen molar-refractivity contribution >= 4 is 0 Å². The van der Waals surface area contributed by atoms with Crippen molar-refractivity contribution in [3.8, 4) is 0 Å². The summed E-state index contributed by atoms with van der Waals surface area (Å²) in [6.45, 7) is 4.43. The second-order valence-electron chi connectivity index (χ2n) is 3.60. The van der Waals surface area contributed by atoms with Gasteiger partial charge in [0.05, 0.1) is 5.56 Å². The van der Waals surface area contributed by atoms with Gasteiger partial charge in [0.15, 0.2) is 0 Å². The Balaban J connectivity index is 2.81. The summed E-state index contributed by atoms with van der Waals surface area (Å²) >= 11 is 0. The maximum Gasteiger partial charge on any atom is 0.416 e.